The van der Waals surface area contributed by atoms with E-state index >= 15 is 0 Å². The largest absolute Gasteiger partial charge is 0.354 e. The highest BCUT2D eigenvalue weighted by atomic mass is 16.2. The van der Waals surface area contributed by atoms with Crippen LogP contribution in [0.4, 0.5) is 17.3 Å². The fourth-order valence-electron chi connectivity index (χ4n) is 5.27. The second-order valence-corrected chi connectivity index (χ2v) is 9.74. The van der Waals surface area contributed by atoms with Crippen molar-refractivity contribution in [3.63, 3.8) is 0 Å². The van der Waals surface area contributed by atoms with Crippen molar-refractivity contribution in [3.8, 4) is 11.4 Å². The van der Waals surface area contributed by atoms with Crippen LogP contribution in [0.1, 0.15) is 31.2 Å². The van der Waals surface area contributed by atoms with E-state index in [1.54, 1.807) is 12.4 Å². The molecule has 1 saturated carbocycles. The van der Waals surface area contributed by atoms with Gasteiger partial charge < -0.3 is 16.0 Å². The zero-order chi connectivity index (χ0) is 25.2. The summed E-state index contributed by atoms with van der Waals surface area (Å²) in [6.07, 6.45) is 14.9. The third-order valence-corrected chi connectivity index (χ3v) is 7.18. The molecule has 0 spiro atoms. The van der Waals surface area contributed by atoms with Gasteiger partial charge in [0.1, 0.15) is 12.0 Å². The van der Waals surface area contributed by atoms with Crippen LogP contribution in [-0.2, 0) is 4.79 Å². The molecule has 3 N–H and O–H groups in total. The number of hydrogen-bond acceptors (Lipinski definition) is 9. The summed E-state index contributed by atoms with van der Waals surface area (Å²) in [4.78, 5) is 36.3. The minimum atomic E-state index is 0.136. The molecule has 0 atom stereocenters. The van der Waals surface area contributed by atoms with Crippen molar-refractivity contribution in [2.45, 2.75) is 44.7 Å². The molecule has 11 heteroatoms. The molecule has 4 aromatic heterocycles. The molecule has 0 unspecified atom stereocenters. The summed E-state index contributed by atoms with van der Waals surface area (Å²) in [6.45, 7) is 4.22. The highest BCUT2D eigenvalue weighted by Crippen LogP contribution is 2.28. The van der Waals surface area contributed by atoms with Gasteiger partial charge in [-0.05, 0) is 50.3 Å². The van der Waals surface area contributed by atoms with Gasteiger partial charge in [0.15, 0.2) is 0 Å². The molecular formula is C26H30N10O. The van der Waals surface area contributed by atoms with E-state index in [4.69, 9.17) is 4.98 Å². The van der Waals surface area contributed by atoms with Crippen LogP contribution in [-0.4, -0.2) is 71.8 Å². The summed E-state index contributed by atoms with van der Waals surface area (Å²) < 4.78 is 2.03. The fourth-order valence-corrected chi connectivity index (χ4v) is 5.27. The number of nitrogens with one attached hydrogen (secondary N) is 3. The van der Waals surface area contributed by atoms with E-state index in [2.05, 4.69) is 40.8 Å². The van der Waals surface area contributed by atoms with Crippen LogP contribution in [0.2, 0.25) is 0 Å². The zero-order valence-corrected chi connectivity index (χ0v) is 20.8. The van der Waals surface area contributed by atoms with E-state index in [1.165, 1.54) is 6.33 Å². The topological polar surface area (TPSA) is 125 Å². The first-order valence-electron chi connectivity index (χ1n) is 12.7. The molecule has 1 saturated heterocycles. The number of carbonyl (C=O) groups is 1. The summed E-state index contributed by atoms with van der Waals surface area (Å²) in [5.41, 5.74) is 5.27. The lowest BCUT2D eigenvalue weighted by molar-refractivity contribution is -0.125. The van der Waals surface area contributed by atoms with Gasteiger partial charge in [-0.1, -0.05) is 0 Å². The highest BCUT2D eigenvalue weighted by Gasteiger charge is 2.29. The minimum Gasteiger partial charge on any atom is -0.354 e. The Morgan fingerprint density at radius 3 is 2.65 bits per heavy atom. The quantitative estimate of drug-likeness (QED) is 0.368. The van der Waals surface area contributed by atoms with E-state index < -0.39 is 0 Å². The van der Waals surface area contributed by atoms with Gasteiger partial charge >= 0.3 is 0 Å². The molecule has 11 nitrogen and oxygen atoms in total. The first kappa shape index (κ1) is 23.3. The second kappa shape index (κ2) is 10.1. The lowest BCUT2D eigenvalue weighted by atomic mass is 9.90. The number of amides is 1. The smallest absolute Gasteiger partial charge is 0.234 e. The van der Waals surface area contributed by atoms with Gasteiger partial charge in [0.25, 0.3) is 0 Å². The monoisotopic (exact) mass is 498 g/mol. The molecule has 37 heavy (non-hydrogen) atoms. The van der Waals surface area contributed by atoms with Crippen molar-refractivity contribution in [1.82, 2.24) is 39.5 Å². The van der Waals surface area contributed by atoms with E-state index in [-0.39, 0.29) is 5.91 Å². The first-order chi connectivity index (χ1) is 18.1. The van der Waals surface area contributed by atoms with E-state index in [1.807, 2.05) is 42.0 Å². The summed E-state index contributed by atoms with van der Waals surface area (Å²) in [5, 5.41) is 9.80. The van der Waals surface area contributed by atoms with Crippen molar-refractivity contribution in [2.24, 2.45) is 0 Å². The Bertz CT molecular complexity index is 1400. The third-order valence-electron chi connectivity index (χ3n) is 7.18. The zero-order valence-electron chi connectivity index (χ0n) is 20.8. The highest BCUT2D eigenvalue weighted by molar-refractivity contribution is 5.78. The number of imidazole rings is 1. The molecule has 5 heterocycles. The molecule has 1 aliphatic heterocycles. The number of piperazine rings is 1. The van der Waals surface area contributed by atoms with Gasteiger partial charge in [-0.2, -0.15) is 0 Å². The molecule has 4 aromatic rings. The van der Waals surface area contributed by atoms with Crippen molar-refractivity contribution in [2.75, 3.05) is 30.3 Å². The fraction of sp³-hybridized carbons (Fsp3) is 0.385. The van der Waals surface area contributed by atoms with Gasteiger partial charge in [0, 0.05) is 37.6 Å². The van der Waals surface area contributed by atoms with Crippen LogP contribution < -0.4 is 16.0 Å². The molecular weight excluding hydrogens is 468 g/mol. The van der Waals surface area contributed by atoms with Gasteiger partial charge in [-0.3, -0.25) is 14.1 Å². The van der Waals surface area contributed by atoms with Gasteiger partial charge in [-0.25, -0.2) is 24.9 Å². The molecule has 0 aromatic carbocycles. The lowest BCUT2D eigenvalue weighted by Gasteiger charge is -2.38. The molecule has 2 fully saturated rings. The van der Waals surface area contributed by atoms with Crippen LogP contribution in [0.5, 0.6) is 0 Å². The number of anilines is 3. The summed E-state index contributed by atoms with van der Waals surface area (Å²) in [6, 6.07) is 4.74. The molecule has 190 valence electrons. The summed E-state index contributed by atoms with van der Waals surface area (Å²) in [7, 11) is 0. The number of rotatable bonds is 6. The Labute approximate surface area is 214 Å². The Morgan fingerprint density at radius 1 is 1.00 bits per heavy atom. The number of nitrogens with zero attached hydrogens (tertiary/aromatic N) is 7. The molecule has 1 aliphatic carbocycles. The summed E-state index contributed by atoms with van der Waals surface area (Å²) in [5.74, 6) is 0.767. The Hall–Kier alpha value is -4.12. The van der Waals surface area contributed by atoms with E-state index in [9.17, 15) is 4.79 Å². The SMILES string of the molecule is Cc1cnc(NC2CCC(N3CCNC(=O)C3)CC2)nc1-c1cnc2ccc(Nc3cncnc3)cn12. The van der Waals surface area contributed by atoms with Crippen molar-refractivity contribution in [3.05, 3.63) is 55.0 Å². The number of aromatic nitrogens is 6. The first-order valence-corrected chi connectivity index (χ1v) is 12.7. The predicted molar refractivity (Wildman–Crippen MR) is 141 cm³/mol. The van der Waals surface area contributed by atoms with Crippen molar-refractivity contribution < 1.29 is 4.79 Å². The minimum absolute atomic E-state index is 0.136. The molecule has 2 aliphatic rings. The molecule has 1 amide bonds. The Kier molecular flexibility index (Phi) is 6.35. The normalized spacial score (nSPS) is 20.5. The number of hydrogen-bond donors (Lipinski definition) is 3. The van der Waals surface area contributed by atoms with Crippen molar-refractivity contribution >= 4 is 28.9 Å². The van der Waals surface area contributed by atoms with Crippen molar-refractivity contribution in [1.29, 1.82) is 0 Å². The predicted octanol–water partition coefficient (Wildman–Crippen LogP) is 2.79. The van der Waals surface area contributed by atoms with Gasteiger partial charge in [-0.15, -0.1) is 0 Å². The van der Waals surface area contributed by atoms with Gasteiger partial charge in [0.2, 0.25) is 11.9 Å². The number of carbonyl (C=O) groups excluding carboxylic acids is 1. The van der Waals surface area contributed by atoms with Crippen LogP contribution >= 0.6 is 0 Å². The number of aryl methyl sites for hydroxylation is 1. The Balaban J connectivity index is 1.17. The van der Waals surface area contributed by atoms with Crippen LogP contribution in [0.25, 0.3) is 17.0 Å². The maximum atomic E-state index is 11.8. The number of pyridine rings is 1. The lowest BCUT2D eigenvalue weighted by Crippen LogP contribution is -2.52. The molecule has 0 radical (unpaired) electrons. The average Bonchev–Trinajstić information content (AvgIpc) is 3.34. The van der Waals surface area contributed by atoms with Crippen LogP contribution in [0.15, 0.2) is 49.4 Å². The maximum absolute atomic E-state index is 11.8. The molecule has 0 bridgehead atoms. The average molecular weight is 499 g/mol. The maximum Gasteiger partial charge on any atom is 0.234 e. The van der Waals surface area contributed by atoms with Crippen LogP contribution in [0, 0.1) is 6.92 Å². The Morgan fingerprint density at radius 2 is 1.84 bits per heavy atom. The number of fused-ring (bicyclic) bond motifs is 1. The molecule has 6 rings (SSSR count). The van der Waals surface area contributed by atoms with E-state index in [0.717, 1.165) is 72.7 Å². The van der Waals surface area contributed by atoms with Crippen LogP contribution in [0.3, 0.4) is 0 Å². The third kappa shape index (κ3) is 5.08. The summed E-state index contributed by atoms with van der Waals surface area (Å²) >= 11 is 0. The second-order valence-electron chi connectivity index (χ2n) is 9.74. The standard InChI is InChI=1S/C26H30N10O/c1-17-10-31-26(33-18-2-5-21(6-3-18)35-9-8-29-24(37)15-35)34-25(17)22-13-30-23-7-4-19(14-36(22)23)32-20-11-27-16-28-12-20/h4,7,10-14,16,18,21,32H,2-3,5-6,8-9,15H2,1H3,(H,29,37)(H,31,33,34). The van der Waals surface area contributed by atoms with Gasteiger partial charge in [0.05, 0.1) is 47.9 Å². The van der Waals surface area contributed by atoms with E-state index in [0.29, 0.717) is 24.6 Å².